The molecule has 0 aliphatic heterocycles. The van der Waals surface area contributed by atoms with Gasteiger partial charge in [0.05, 0.1) is 0 Å². The summed E-state index contributed by atoms with van der Waals surface area (Å²) in [5.41, 5.74) is 0.221. The molecule has 0 amide bonds. The lowest BCUT2D eigenvalue weighted by Crippen LogP contribution is -2.22. The van der Waals surface area contributed by atoms with Gasteiger partial charge < -0.3 is 0 Å². The second kappa shape index (κ2) is 5.30. The van der Waals surface area contributed by atoms with Crippen LogP contribution in [0.1, 0.15) is 15.9 Å². The summed E-state index contributed by atoms with van der Waals surface area (Å²) in [4.78, 5) is 10.9. The van der Waals surface area contributed by atoms with Gasteiger partial charge in [0, 0.05) is 10.9 Å². The summed E-state index contributed by atoms with van der Waals surface area (Å²) < 4.78 is 36.4. The SMILES string of the molecule is O=C(c1cccc(C=CCBr)c1)C(F)(F)F. The number of Topliss-reactive ketones (excluding diaryl/α,β-unsaturated/α-hetero) is 1. The molecule has 0 saturated heterocycles. The Bertz CT molecular complexity index is 410. The first-order valence-electron chi connectivity index (χ1n) is 4.39. The maximum atomic E-state index is 12.1. The summed E-state index contributed by atoms with van der Waals surface area (Å²) in [5, 5.41) is 0.602. The van der Waals surface area contributed by atoms with Gasteiger partial charge in [-0.2, -0.15) is 13.2 Å². The Kier molecular flexibility index (Phi) is 4.29. The van der Waals surface area contributed by atoms with Crippen LogP contribution in [-0.4, -0.2) is 17.3 Å². The summed E-state index contributed by atoms with van der Waals surface area (Å²) in [6.07, 6.45) is -1.45. The number of rotatable bonds is 3. The molecule has 0 aliphatic rings. The first kappa shape index (κ1) is 13.0. The number of hydrogen-bond donors (Lipinski definition) is 0. The Labute approximate surface area is 99.1 Å². The van der Waals surface area contributed by atoms with Crippen molar-refractivity contribution in [1.29, 1.82) is 0 Å². The third-order valence-electron chi connectivity index (χ3n) is 1.81. The molecule has 0 heterocycles. The Balaban J connectivity index is 2.99. The zero-order valence-corrected chi connectivity index (χ0v) is 9.68. The van der Waals surface area contributed by atoms with Crippen molar-refractivity contribution < 1.29 is 18.0 Å². The van der Waals surface area contributed by atoms with Gasteiger partial charge in [-0.1, -0.05) is 46.3 Å². The molecule has 1 aromatic rings. The number of benzene rings is 1. The number of ketones is 1. The smallest absolute Gasteiger partial charge is 0.284 e. The molecule has 0 fully saturated rings. The molecule has 1 nitrogen and oxygen atoms in total. The van der Waals surface area contributed by atoms with Crippen molar-refractivity contribution in [2.75, 3.05) is 5.33 Å². The van der Waals surface area contributed by atoms with E-state index in [-0.39, 0.29) is 5.56 Å². The van der Waals surface area contributed by atoms with E-state index in [9.17, 15) is 18.0 Å². The fourth-order valence-corrected chi connectivity index (χ4v) is 1.31. The zero-order chi connectivity index (χ0) is 12.2. The molecule has 0 radical (unpaired) electrons. The summed E-state index contributed by atoms with van der Waals surface area (Å²) in [5.74, 6) is -1.82. The van der Waals surface area contributed by atoms with Crippen LogP contribution in [-0.2, 0) is 0 Å². The van der Waals surface area contributed by atoms with Crippen molar-refractivity contribution in [2.45, 2.75) is 6.18 Å². The minimum absolute atomic E-state index is 0.343. The average Bonchev–Trinajstić information content (AvgIpc) is 2.24. The van der Waals surface area contributed by atoms with E-state index < -0.39 is 12.0 Å². The van der Waals surface area contributed by atoms with E-state index in [2.05, 4.69) is 15.9 Å². The van der Waals surface area contributed by atoms with E-state index in [0.29, 0.717) is 10.9 Å². The minimum atomic E-state index is -4.82. The fraction of sp³-hybridized carbons (Fsp3) is 0.182. The van der Waals surface area contributed by atoms with E-state index in [1.165, 1.54) is 12.1 Å². The van der Waals surface area contributed by atoms with Crippen LogP contribution in [0.15, 0.2) is 30.3 Å². The summed E-state index contributed by atoms with van der Waals surface area (Å²) >= 11 is 3.15. The molecule has 1 rings (SSSR count). The molecule has 86 valence electrons. The van der Waals surface area contributed by atoms with E-state index in [1.54, 1.807) is 18.2 Å². The van der Waals surface area contributed by atoms with Gasteiger partial charge in [0.2, 0.25) is 0 Å². The van der Waals surface area contributed by atoms with Crippen LogP contribution in [0.3, 0.4) is 0 Å². The van der Waals surface area contributed by atoms with Crippen LogP contribution in [0, 0.1) is 0 Å². The molecule has 5 heteroatoms. The van der Waals surface area contributed by atoms with Gasteiger partial charge in [-0.25, -0.2) is 0 Å². The lowest BCUT2D eigenvalue weighted by atomic mass is 10.1. The van der Waals surface area contributed by atoms with Crippen LogP contribution in [0.25, 0.3) is 6.08 Å². The molecule has 0 saturated carbocycles. The molecule has 0 unspecified atom stereocenters. The first-order valence-corrected chi connectivity index (χ1v) is 5.51. The van der Waals surface area contributed by atoms with Gasteiger partial charge in [-0.15, -0.1) is 0 Å². The van der Waals surface area contributed by atoms with Crippen LogP contribution in [0.2, 0.25) is 0 Å². The monoisotopic (exact) mass is 292 g/mol. The van der Waals surface area contributed by atoms with E-state index in [4.69, 9.17) is 0 Å². The number of carbonyl (C=O) groups excluding carboxylic acids is 1. The fourth-order valence-electron chi connectivity index (χ4n) is 1.13. The maximum absolute atomic E-state index is 12.1. The quantitative estimate of drug-likeness (QED) is 0.611. The van der Waals surface area contributed by atoms with Crippen molar-refractivity contribution in [3.8, 4) is 0 Å². The molecule has 0 spiro atoms. The lowest BCUT2D eigenvalue weighted by Gasteiger charge is -2.05. The predicted octanol–water partition coefficient (Wildman–Crippen LogP) is 3.84. The predicted molar refractivity (Wildman–Crippen MR) is 59.7 cm³/mol. The van der Waals surface area contributed by atoms with Gasteiger partial charge >= 0.3 is 6.18 Å². The van der Waals surface area contributed by atoms with Gasteiger partial charge in [0.15, 0.2) is 0 Å². The van der Waals surface area contributed by atoms with Crippen molar-refractivity contribution in [2.24, 2.45) is 0 Å². The second-order valence-corrected chi connectivity index (χ2v) is 3.66. The molecule has 0 aromatic heterocycles. The Morgan fingerprint density at radius 1 is 1.38 bits per heavy atom. The number of hydrogen-bond acceptors (Lipinski definition) is 1. The number of halogens is 4. The maximum Gasteiger partial charge on any atom is 0.454 e. The van der Waals surface area contributed by atoms with Crippen molar-refractivity contribution in [3.63, 3.8) is 0 Å². The Morgan fingerprint density at radius 3 is 2.62 bits per heavy atom. The average molecular weight is 293 g/mol. The molecule has 0 aliphatic carbocycles. The van der Waals surface area contributed by atoms with Crippen LogP contribution in [0.4, 0.5) is 13.2 Å². The number of carbonyl (C=O) groups is 1. The Morgan fingerprint density at radius 2 is 2.06 bits per heavy atom. The molecule has 0 N–H and O–H groups in total. The topological polar surface area (TPSA) is 17.1 Å². The van der Waals surface area contributed by atoms with E-state index in [0.717, 1.165) is 6.07 Å². The summed E-state index contributed by atoms with van der Waals surface area (Å²) in [6, 6.07) is 5.43. The summed E-state index contributed by atoms with van der Waals surface area (Å²) in [6.45, 7) is 0. The molecular formula is C11H8BrF3O. The van der Waals surface area contributed by atoms with Crippen molar-refractivity contribution in [3.05, 3.63) is 41.5 Å². The molecule has 0 bridgehead atoms. The van der Waals surface area contributed by atoms with E-state index >= 15 is 0 Å². The van der Waals surface area contributed by atoms with Gasteiger partial charge in [0.1, 0.15) is 0 Å². The van der Waals surface area contributed by atoms with E-state index in [1.807, 2.05) is 0 Å². The van der Waals surface area contributed by atoms with Gasteiger partial charge in [-0.3, -0.25) is 4.79 Å². The van der Waals surface area contributed by atoms with Crippen LogP contribution in [0.5, 0.6) is 0 Å². The number of alkyl halides is 4. The normalized spacial score (nSPS) is 12.0. The highest BCUT2D eigenvalue weighted by Gasteiger charge is 2.39. The third kappa shape index (κ3) is 3.48. The summed E-state index contributed by atoms with van der Waals surface area (Å²) in [7, 11) is 0. The largest absolute Gasteiger partial charge is 0.454 e. The van der Waals surface area contributed by atoms with Crippen LogP contribution < -0.4 is 0 Å². The van der Waals surface area contributed by atoms with Crippen LogP contribution >= 0.6 is 15.9 Å². The standard InChI is InChI=1S/C11H8BrF3O/c12-6-2-4-8-3-1-5-9(7-8)10(16)11(13,14)15/h1-5,7H,6H2. The lowest BCUT2D eigenvalue weighted by molar-refractivity contribution is -0.0885. The highest BCUT2D eigenvalue weighted by atomic mass is 79.9. The van der Waals surface area contributed by atoms with Gasteiger partial charge in [0.25, 0.3) is 5.78 Å². The molecule has 16 heavy (non-hydrogen) atoms. The first-order chi connectivity index (χ1) is 7.45. The second-order valence-electron chi connectivity index (χ2n) is 3.01. The number of allylic oxidation sites excluding steroid dienone is 1. The molecule has 1 aromatic carbocycles. The zero-order valence-electron chi connectivity index (χ0n) is 8.09. The highest BCUT2D eigenvalue weighted by molar-refractivity contribution is 9.09. The van der Waals surface area contributed by atoms with Gasteiger partial charge in [-0.05, 0) is 11.6 Å². The minimum Gasteiger partial charge on any atom is -0.284 e. The van der Waals surface area contributed by atoms with Crippen molar-refractivity contribution in [1.82, 2.24) is 0 Å². The van der Waals surface area contributed by atoms with Crippen molar-refractivity contribution >= 4 is 27.8 Å². The Hall–Kier alpha value is -1.10. The molecular weight excluding hydrogens is 285 g/mol. The molecule has 0 atom stereocenters. The highest BCUT2D eigenvalue weighted by Crippen LogP contribution is 2.22. The third-order valence-corrected chi connectivity index (χ3v) is 2.18.